The molecule has 0 aliphatic rings. The Kier molecular flexibility index (Phi) is 3.92. The predicted molar refractivity (Wildman–Crippen MR) is 60.7 cm³/mol. The summed E-state index contributed by atoms with van der Waals surface area (Å²) in [5.41, 5.74) is 1.54. The number of ether oxygens (including phenoxy) is 1. The van der Waals surface area contributed by atoms with Gasteiger partial charge in [0.25, 0.3) is 0 Å². The molecule has 0 aliphatic carbocycles. The number of allylic oxidation sites excluding steroid dienone is 1. The van der Waals surface area contributed by atoms with Gasteiger partial charge in [-0.2, -0.15) is 0 Å². The van der Waals surface area contributed by atoms with Gasteiger partial charge in [0.1, 0.15) is 5.75 Å². The molecule has 1 aromatic carbocycles. The lowest BCUT2D eigenvalue weighted by molar-refractivity contribution is -0.103. The highest BCUT2D eigenvalue weighted by molar-refractivity contribution is 6.06. The van der Waals surface area contributed by atoms with Crippen LogP contribution in [0, 0.1) is 0 Å². The first kappa shape index (κ1) is 11.3. The number of carbonyl (C=O) groups excluding carboxylic acids is 1. The summed E-state index contributed by atoms with van der Waals surface area (Å²) < 4.78 is 5.05. The molecule has 0 radical (unpaired) electrons. The highest BCUT2D eigenvalue weighted by Crippen LogP contribution is 2.17. The summed E-state index contributed by atoms with van der Waals surface area (Å²) in [5.74, 6) is 0.786. The zero-order valence-corrected chi connectivity index (χ0v) is 9.23. The summed E-state index contributed by atoms with van der Waals surface area (Å²) in [6.07, 6.45) is 2.64. The highest BCUT2D eigenvalue weighted by Gasteiger charge is 2.00. The fourth-order valence-electron chi connectivity index (χ4n) is 1.23. The monoisotopic (exact) mass is 205 g/mol. The van der Waals surface area contributed by atoms with Gasteiger partial charge in [0, 0.05) is 25.9 Å². The topological polar surface area (TPSA) is 29.5 Å². The molecule has 0 bridgehead atoms. The Labute approximate surface area is 90.0 Å². The molecule has 0 amide bonds. The standard InChI is InChI=1S/C12H15NO2/c1-13(2)8-11(9-14)10-4-6-12(15-3)7-5-10/h4-9H,1-3H3/b11-8+. The second-order valence-corrected chi connectivity index (χ2v) is 3.39. The third kappa shape index (κ3) is 3.13. The quantitative estimate of drug-likeness (QED) is 0.554. The number of aldehydes is 1. The Balaban J connectivity index is 2.98. The maximum absolute atomic E-state index is 10.9. The van der Waals surface area contributed by atoms with Crippen molar-refractivity contribution in [1.82, 2.24) is 4.90 Å². The molecule has 3 heteroatoms. The summed E-state index contributed by atoms with van der Waals surface area (Å²) in [6.45, 7) is 0. The van der Waals surface area contributed by atoms with E-state index < -0.39 is 0 Å². The van der Waals surface area contributed by atoms with Crippen LogP contribution in [0.2, 0.25) is 0 Å². The third-order valence-corrected chi connectivity index (χ3v) is 1.95. The Morgan fingerprint density at radius 3 is 2.27 bits per heavy atom. The molecule has 15 heavy (non-hydrogen) atoms. The first-order valence-electron chi connectivity index (χ1n) is 4.65. The van der Waals surface area contributed by atoms with E-state index in [1.54, 1.807) is 13.3 Å². The second-order valence-electron chi connectivity index (χ2n) is 3.39. The summed E-state index contributed by atoms with van der Waals surface area (Å²) in [5, 5.41) is 0. The largest absolute Gasteiger partial charge is 0.497 e. The van der Waals surface area contributed by atoms with Crippen LogP contribution in [0.15, 0.2) is 30.5 Å². The lowest BCUT2D eigenvalue weighted by Gasteiger charge is -2.08. The van der Waals surface area contributed by atoms with Crippen LogP contribution in [0.1, 0.15) is 5.56 Å². The number of carbonyl (C=O) groups is 1. The van der Waals surface area contributed by atoms with Crippen LogP contribution in [0.3, 0.4) is 0 Å². The molecule has 0 aliphatic heterocycles. The van der Waals surface area contributed by atoms with Crippen molar-refractivity contribution >= 4 is 11.9 Å². The van der Waals surface area contributed by atoms with Gasteiger partial charge in [-0.3, -0.25) is 4.79 Å². The lowest BCUT2D eigenvalue weighted by Crippen LogP contribution is -2.03. The number of hydrogen-bond donors (Lipinski definition) is 0. The van der Waals surface area contributed by atoms with Crippen LogP contribution in [-0.4, -0.2) is 32.4 Å². The van der Waals surface area contributed by atoms with E-state index in [-0.39, 0.29) is 0 Å². The van der Waals surface area contributed by atoms with E-state index in [1.807, 2.05) is 43.3 Å². The van der Waals surface area contributed by atoms with Crippen molar-refractivity contribution in [3.8, 4) is 5.75 Å². The molecule has 0 saturated carbocycles. The van der Waals surface area contributed by atoms with E-state index in [0.717, 1.165) is 17.6 Å². The first-order chi connectivity index (χ1) is 7.17. The molecular weight excluding hydrogens is 190 g/mol. The second kappa shape index (κ2) is 5.20. The summed E-state index contributed by atoms with van der Waals surface area (Å²) in [7, 11) is 5.38. The number of rotatable bonds is 4. The van der Waals surface area contributed by atoms with Crippen molar-refractivity contribution in [2.75, 3.05) is 21.2 Å². The van der Waals surface area contributed by atoms with Crippen LogP contribution >= 0.6 is 0 Å². The van der Waals surface area contributed by atoms with Crippen molar-refractivity contribution in [3.05, 3.63) is 36.0 Å². The highest BCUT2D eigenvalue weighted by atomic mass is 16.5. The zero-order chi connectivity index (χ0) is 11.3. The van der Waals surface area contributed by atoms with E-state index in [0.29, 0.717) is 5.57 Å². The Morgan fingerprint density at radius 1 is 1.27 bits per heavy atom. The first-order valence-corrected chi connectivity index (χ1v) is 4.65. The van der Waals surface area contributed by atoms with Crippen LogP contribution in [0.4, 0.5) is 0 Å². The van der Waals surface area contributed by atoms with Crippen molar-refractivity contribution in [2.45, 2.75) is 0 Å². The van der Waals surface area contributed by atoms with E-state index in [2.05, 4.69) is 0 Å². The molecule has 0 atom stereocenters. The van der Waals surface area contributed by atoms with E-state index >= 15 is 0 Å². The molecule has 0 spiro atoms. The molecule has 80 valence electrons. The minimum Gasteiger partial charge on any atom is -0.497 e. The van der Waals surface area contributed by atoms with Crippen molar-refractivity contribution in [1.29, 1.82) is 0 Å². The van der Waals surface area contributed by atoms with Crippen LogP contribution < -0.4 is 4.74 Å². The van der Waals surface area contributed by atoms with E-state index in [1.165, 1.54) is 0 Å². The molecule has 1 rings (SSSR count). The van der Waals surface area contributed by atoms with Crippen molar-refractivity contribution in [2.24, 2.45) is 0 Å². The van der Waals surface area contributed by atoms with Gasteiger partial charge in [0.15, 0.2) is 6.29 Å². The Morgan fingerprint density at radius 2 is 1.87 bits per heavy atom. The fourth-order valence-corrected chi connectivity index (χ4v) is 1.23. The molecule has 0 aromatic heterocycles. The molecule has 0 saturated heterocycles. The minimum atomic E-state index is 0.655. The van der Waals surface area contributed by atoms with Gasteiger partial charge in [-0.25, -0.2) is 0 Å². The maximum Gasteiger partial charge on any atom is 0.152 e. The van der Waals surface area contributed by atoms with Crippen LogP contribution in [0.25, 0.3) is 5.57 Å². The van der Waals surface area contributed by atoms with Gasteiger partial charge in [0.05, 0.1) is 7.11 Å². The summed E-state index contributed by atoms with van der Waals surface area (Å²) >= 11 is 0. The van der Waals surface area contributed by atoms with Crippen LogP contribution in [0.5, 0.6) is 5.75 Å². The SMILES string of the molecule is COc1ccc(/C(C=O)=C/N(C)C)cc1. The predicted octanol–water partition coefficient (Wildman–Crippen LogP) is 1.80. The Hall–Kier alpha value is -1.77. The number of hydrogen-bond acceptors (Lipinski definition) is 3. The average Bonchev–Trinajstić information content (AvgIpc) is 2.26. The van der Waals surface area contributed by atoms with Gasteiger partial charge >= 0.3 is 0 Å². The fraction of sp³-hybridized carbons (Fsp3) is 0.250. The van der Waals surface area contributed by atoms with Crippen molar-refractivity contribution in [3.63, 3.8) is 0 Å². The van der Waals surface area contributed by atoms with Gasteiger partial charge in [0.2, 0.25) is 0 Å². The number of nitrogens with zero attached hydrogens (tertiary/aromatic N) is 1. The lowest BCUT2D eigenvalue weighted by atomic mass is 10.1. The summed E-state index contributed by atoms with van der Waals surface area (Å²) in [4.78, 5) is 12.7. The normalized spacial score (nSPS) is 11.0. The maximum atomic E-state index is 10.9. The smallest absolute Gasteiger partial charge is 0.152 e. The zero-order valence-electron chi connectivity index (χ0n) is 9.23. The average molecular weight is 205 g/mol. The number of benzene rings is 1. The molecule has 0 fully saturated rings. The number of methoxy groups -OCH3 is 1. The molecular formula is C12H15NO2. The van der Waals surface area contributed by atoms with E-state index in [4.69, 9.17) is 4.74 Å². The van der Waals surface area contributed by atoms with Gasteiger partial charge in [-0.05, 0) is 17.7 Å². The van der Waals surface area contributed by atoms with Gasteiger partial charge in [-0.15, -0.1) is 0 Å². The summed E-state index contributed by atoms with van der Waals surface area (Å²) in [6, 6.07) is 7.40. The Bertz CT molecular complexity index is 352. The van der Waals surface area contributed by atoms with Gasteiger partial charge in [-0.1, -0.05) is 12.1 Å². The van der Waals surface area contributed by atoms with Crippen molar-refractivity contribution < 1.29 is 9.53 Å². The third-order valence-electron chi connectivity index (χ3n) is 1.95. The van der Waals surface area contributed by atoms with Gasteiger partial charge < -0.3 is 9.64 Å². The van der Waals surface area contributed by atoms with Crippen LogP contribution in [-0.2, 0) is 4.79 Å². The molecule has 0 unspecified atom stereocenters. The molecule has 3 nitrogen and oxygen atoms in total. The molecule has 1 aromatic rings. The van der Waals surface area contributed by atoms with E-state index in [9.17, 15) is 4.79 Å². The minimum absolute atomic E-state index is 0.655. The molecule has 0 N–H and O–H groups in total. The molecule has 0 heterocycles.